The van der Waals surface area contributed by atoms with E-state index in [4.69, 9.17) is 22.4 Å². The maximum atomic E-state index is 13.2. The van der Waals surface area contributed by atoms with Gasteiger partial charge in [0.05, 0.1) is 17.0 Å². The van der Waals surface area contributed by atoms with Gasteiger partial charge in [0.15, 0.2) is 5.65 Å². The van der Waals surface area contributed by atoms with Crippen LogP contribution in [0.4, 0.5) is 24.7 Å². The van der Waals surface area contributed by atoms with Crippen molar-refractivity contribution in [2.75, 3.05) is 31.2 Å². The van der Waals surface area contributed by atoms with Crippen LogP contribution in [0.15, 0.2) is 42.7 Å². The Morgan fingerprint density at radius 2 is 1.88 bits per heavy atom. The van der Waals surface area contributed by atoms with Gasteiger partial charge >= 0.3 is 6.18 Å². The number of carbonyl (C=O) groups is 1. The summed E-state index contributed by atoms with van der Waals surface area (Å²) in [6.45, 7) is 3.74. The molecule has 4 aromatic rings. The molecule has 40 heavy (non-hydrogen) atoms. The van der Waals surface area contributed by atoms with E-state index in [1.807, 2.05) is 11.6 Å². The van der Waals surface area contributed by atoms with E-state index in [0.29, 0.717) is 28.0 Å². The summed E-state index contributed by atoms with van der Waals surface area (Å²) in [6.07, 6.45) is -1.38. The predicted molar refractivity (Wildman–Crippen MR) is 147 cm³/mol. The number of nitrogens with zero attached hydrogens (tertiary/aromatic N) is 5. The summed E-state index contributed by atoms with van der Waals surface area (Å²) in [7, 11) is 2.09. The lowest BCUT2D eigenvalue weighted by atomic mass is 10.1. The van der Waals surface area contributed by atoms with E-state index in [9.17, 15) is 18.0 Å². The predicted octanol–water partition coefficient (Wildman–Crippen LogP) is 5.31. The molecule has 2 aromatic heterocycles. The number of rotatable bonds is 3. The van der Waals surface area contributed by atoms with E-state index in [1.54, 1.807) is 18.2 Å². The van der Waals surface area contributed by atoms with E-state index >= 15 is 0 Å². The number of aromatic nitrogens is 4. The number of piperidine rings is 1. The van der Waals surface area contributed by atoms with Crippen LogP contribution < -0.4 is 11.1 Å². The highest BCUT2D eigenvalue weighted by atomic mass is 35.5. The number of nitrogen functional groups attached to an aromatic ring is 1. The van der Waals surface area contributed by atoms with E-state index in [0.717, 1.165) is 43.6 Å². The zero-order valence-electron chi connectivity index (χ0n) is 21.7. The minimum Gasteiger partial charge on any atom is -0.383 e. The van der Waals surface area contributed by atoms with Crippen molar-refractivity contribution in [2.24, 2.45) is 0 Å². The molecule has 0 atom stereocenters. The molecule has 1 amide bonds. The Kier molecular flexibility index (Phi) is 7.40. The Hall–Kier alpha value is -4.14. The van der Waals surface area contributed by atoms with Crippen LogP contribution in [0.1, 0.15) is 51.6 Å². The Morgan fingerprint density at radius 1 is 1.12 bits per heavy atom. The molecule has 0 radical (unpaired) electrons. The van der Waals surface area contributed by atoms with Gasteiger partial charge in [0.1, 0.15) is 17.8 Å². The third-order valence-corrected chi connectivity index (χ3v) is 7.07. The summed E-state index contributed by atoms with van der Waals surface area (Å²) in [6, 6.07) is 7.91. The van der Waals surface area contributed by atoms with Crippen LogP contribution in [0.5, 0.6) is 0 Å². The number of nitrogens with two attached hydrogens (primary N) is 1. The molecule has 1 saturated heterocycles. The number of aryl methyl sites for hydroxylation is 1. The molecule has 8 nitrogen and oxygen atoms in total. The Morgan fingerprint density at radius 3 is 2.60 bits per heavy atom. The molecule has 1 aliphatic rings. The van der Waals surface area contributed by atoms with Crippen LogP contribution >= 0.6 is 11.6 Å². The molecule has 1 aliphatic heterocycles. The number of carbonyl (C=O) groups excluding carboxylic acids is 1. The summed E-state index contributed by atoms with van der Waals surface area (Å²) in [5, 5.41) is 7.77. The molecule has 0 saturated carbocycles. The number of benzene rings is 2. The molecule has 2 aromatic carbocycles. The quantitative estimate of drug-likeness (QED) is 0.325. The lowest BCUT2D eigenvalue weighted by Crippen LogP contribution is -2.32. The van der Waals surface area contributed by atoms with Crippen LogP contribution in [0.25, 0.3) is 11.0 Å². The monoisotopic (exact) mass is 567 g/mol. The first kappa shape index (κ1) is 27.4. The summed E-state index contributed by atoms with van der Waals surface area (Å²) >= 11 is 5.83. The molecule has 0 bridgehead atoms. The Labute approximate surface area is 233 Å². The smallest absolute Gasteiger partial charge is 0.383 e. The number of likely N-dealkylation sites (tertiary alicyclic amines) is 1. The first-order chi connectivity index (χ1) is 19.0. The van der Waals surface area contributed by atoms with Crippen LogP contribution in [0, 0.1) is 18.8 Å². The number of fused-ring (bicyclic) bond motifs is 1. The van der Waals surface area contributed by atoms with Crippen molar-refractivity contribution < 1.29 is 18.0 Å². The van der Waals surface area contributed by atoms with Crippen molar-refractivity contribution in [2.45, 2.75) is 32.0 Å². The van der Waals surface area contributed by atoms with Crippen molar-refractivity contribution in [3.05, 3.63) is 75.7 Å². The van der Waals surface area contributed by atoms with Crippen LogP contribution in [-0.4, -0.2) is 50.7 Å². The molecule has 3 heterocycles. The van der Waals surface area contributed by atoms with E-state index in [-0.39, 0.29) is 22.4 Å². The molecule has 12 heteroatoms. The highest BCUT2D eigenvalue weighted by molar-refractivity contribution is 6.31. The molecular formula is C28H25ClF3N7O. The largest absolute Gasteiger partial charge is 0.416 e. The second-order valence-corrected chi connectivity index (χ2v) is 10.2. The molecule has 5 rings (SSSR count). The van der Waals surface area contributed by atoms with Crippen molar-refractivity contribution >= 4 is 40.0 Å². The SMILES string of the molecule is Cc1ccc(NC(=O)c2cc(Cl)cc(C(F)(F)F)c2)cc1C#Cc1nn(C2CCN(C)CC2)c2ncnc(N)c12. The van der Waals surface area contributed by atoms with Crippen molar-refractivity contribution in [1.82, 2.24) is 24.6 Å². The lowest BCUT2D eigenvalue weighted by molar-refractivity contribution is -0.137. The topological polar surface area (TPSA) is 102 Å². The van der Waals surface area contributed by atoms with Gasteiger partial charge in [-0.1, -0.05) is 23.6 Å². The van der Waals surface area contributed by atoms with E-state index in [2.05, 4.69) is 39.1 Å². The zero-order chi connectivity index (χ0) is 28.6. The first-order valence-electron chi connectivity index (χ1n) is 12.5. The average molecular weight is 568 g/mol. The van der Waals surface area contributed by atoms with Crippen LogP contribution in [0.3, 0.4) is 0 Å². The van der Waals surface area contributed by atoms with Gasteiger partial charge in [-0.3, -0.25) is 4.79 Å². The van der Waals surface area contributed by atoms with Gasteiger partial charge in [-0.15, -0.1) is 0 Å². The van der Waals surface area contributed by atoms with Gasteiger partial charge in [-0.25, -0.2) is 14.6 Å². The van der Waals surface area contributed by atoms with Crippen LogP contribution in [-0.2, 0) is 6.18 Å². The molecule has 0 unspecified atom stereocenters. The molecule has 0 aliphatic carbocycles. The third kappa shape index (κ3) is 5.73. The van der Waals surface area contributed by atoms with Gasteiger partial charge in [0, 0.05) is 21.8 Å². The summed E-state index contributed by atoms with van der Waals surface area (Å²) in [5.74, 6) is 5.74. The highest BCUT2D eigenvalue weighted by Crippen LogP contribution is 2.32. The lowest BCUT2D eigenvalue weighted by Gasteiger charge is -2.29. The number of hydrogen-bond donors (Lipinski definition) is 2. The number of nitrogens with one attached hydrogen (secondary N) is 1. The third-order valence-electron chi connectivity index (χ3n) is 6.85. The van der Waals surface area contributed by atoms with Crippen molar-refractivity contribution in [3.63, 3.8) is 0 Å². The van der Waals surface area contributed by atoms with E-state index in [1.165, 1.54) is 12.4 Å². The first-order valence-corrected chi connectivity index (χ1v) is 12.9. The number of halogens is 4. The fourth-order valence-electron chi connectivity index (χ4n) is 4.63. The van der Waals surface area contributed by atoms with Crippen molar-refractivity contribution in [3.8, 4) is 11.8 Å². The van der Waals surface area contributed by atoms with Gasteiger partial charge in [0.2, 0.25) is 0 Å². The fourth-order valence-corrected chi connectivity index (χ4v) is 4.86. The average Bonchev–Trinajstić information content (AvgIpc) is 3.28. The zero-order valence-corrected chi connectivity index (χ0v) is 22.4. The fraction of sp³-hybridized carbons (Fsp3) is 0.286. The van der Waals surface area contributed by atoms with Gasteiger partial charge in [-0.2, -0.15) is 18.3 Å². The maximum absolute atomic E-state index is 13.2. The normalized spacial score (nSPS) is 14.7. The molecule has 3 N–H and O–H groups in total. The number of hydrogen-bond acceptors (Lipinski definition) is 6. The summed E-state index contributed by atoms with van der Waals surface area (Å²) in [4.78, 5) is 23.6. The molecule has 1 fully saturated rings. The highest BCUT2D eigenvalue weighted by Gasteiger charge is 2.31. The summed E-state index contributed by atoms with van der Waals surface area (Å²) in [5.41, 5.74) is 7.83. The second kappa shape index (κ2) is 10.8. The van der Waals surface area contributed by atoms with E-state index < -0.39 is 17.6 Å². The minimum absolute atomic E-state index is 0.160. The number of amides is 1. The van der Waals surface area contributed by atoms with Crippen molar-refractivity contribution in [1.29, 1.82) is 0 Å². The van der Waals surface area contributed by atoms with Gasteiger partial charge in [-0.05, 0) is 81.7 Å². The Balaban J connectivity index is 1.45. The molecular weight excluding hydrogens is 543 g/mol. The van der Waals surface area contributed by atoms with Gasteiger partial charge < -0.3 is 16.0 Å². The minimum atomic E-state index is -4.63. The second-order valence-electron chi connectivity index (χ2n) is 9.75. The number of anilines is 2. The molecule has 0 spiro atoms. The standard InChI is InChI=1S/C28H25ClF3N7O/c1-16-3-5-21(36-27(40)18-11-19(28(30,31)32)14-20(29)12-18)13-17(16)4-6-23-24-25(33)34-15-35-26(24)39(37-23)22-7-9-38(2)10-8-22/h3,5,11-15,22H,7-10H2,1-2H3,(H,36,40)(H2,33,34,35). The molecule has 206 valence electrons. The van der Waals surface area contributed by atoms with Crippen LogP contribution in [0.2, 0.25) is 5.02 Å². The number of alkyl halides is 3. The van der Waals surface area contributed by atoms with Gasteiger partial charge in [0.25, 0.3) is 5.91 Å². The maximum Gasteiger partial charge on any atom is 0.416 e. The summed E-state index contributed by atoms with van der Waals surface area (Å²) < 4.78 is 41.4. The Bertz CT molecular complexity index is 1660.